The molecule has 1 aliphatic rings. The van der Waals surface area contributed by atoms with E-state index >= 15 is 0 Å². The van der Waals surface area contributed by atoms with Crippen molar-refractivity contribution < 1.29 is 19.1 Å². The van der Waals surface area contributed by atoms with Gasteiger partial charge in [-0.2, -0.15) is 0 Å². The standard InChI is InChI=1S/C19H16ClFN2O3/c1-10(2)17(24)15-16(11-4-3-7-22-9-11)23(19(26)18(15)25)12-5-6-14(21)13(20)8-12/h3-10,16,25H,1-2H3. The number of nitrogens with zero attached hydrogens (tertiary/aromatic N) is 2. The lowest BCUT2D eigenvalue weighted by Crippen LogP contribution is -2.31. The van der Waals surface area contributed by atoms with Crippen molar-refractivity contribution in [3.05, 3.63) is 70.5 Å². The van der Waals surface area contributed by atoms with Gasteiger partial charge in [-0.1, -0.05) is 31.5 Å². The number of hydrogen-bond acceptors (Lipinski definition) is 4. The minimum Gasteiger partial charge on any atom is -0.503 e. The Morgan fingerprint density at radius 1 is 1.35 bits per heavy atom. The molecule has 2 aromatic rings. The molecule has 0 radical (unpaired) electrons. The van der Waals surface area contributed by atoms with Crippen LogP contribution in [0.5, 0.6) is 0 Å². The predicted octanol–water partition coefficient (Wildman–Crippen LogP) is 4.00. The van der Waals surface area contributed by atoms with Crippen molar-refractivity contribution in [3.8, 4) is 0 Å². The number of aliphatic hydroxyl groups is 1. The van der Waals surface area contributed by atoms with Crippen molar-refractivity contribution in [1.82, 2.24) is 4.98 Å². The van der Waals surface area contributed by atoms with Crippen molar-refractivity contribution in [2.24, 2.45) is 5.92 Å². The zero-order valence-electron chi connectivity index (χ0n) is 14.1. The Hall–Kier alpha value is -2.73. The van der Waals surface area contributed by atoms with E-state index in [0.29, 0.717) is 5.56 Å². The third-order valence-corrected chi connectivity index (χ3v) is 4.47. The Morgan fingerprint density at radius 3 is 2.65 bits per heavy atom. The number of aromatic nitrogens is 1. The van der Waals surface area contributed by atoms with Gasteiger partial charge in [0.2, 0.25) is 0 Å². The first-order valence-corrected chi connectivity index (χ1v) is 8.36. The second-order valence-electron chi connectivity index (χ2n) is 6.24. The average Bonchev–Trinajstić information content (AvgIpc) is 2.89. The van der Waals surface area contributed by atoms with Crippen LogP contribution in [0.4, 0.5) is 10.1 Å². The summed E-state index contributed by atoms with van der Waals surface area (Å²) < 4.78 is 13.5. The van der Waals surface area contributed by atoms with E-state index in [1.54, 1.807) is 32.2 Å². The quantitative estimate of drug-likeness (QED) is 0.878. The lowest BCUT2D eigenvalue weighted by atomic mass is 9.92. The highest BCUT2D eigenvalue weighted by molar-refractivity contribution is 6.31. The number of hydrogen-bond donors (Lipinski definition) is 1. The number of rotatable bonds is 4. The van der Waals surface area contributed by atoms with Gasteiger partial charge in [-0.05, 0) is 29.8 Å². The number of carbonyl (C=O) groups is 2. The Labute approximate surface area is 154 Å². The highest BCUT2D eigenvalue weighted by Gasteiger charge is 2.45. The van der Waals surface area contributed by atoms with Crippen molar-refractivity contribution in [2.45, 2.75) is 19.9 Å². The molecule has 2 heterocycles. The molecule has 0 bridgehead atoms. The smallest absolute Gasteiger partial charge is 0.294 e. The van der Waals surface area contributed by atoms with Crippen LogP contribution in [0.15, 0.2) is 54.1 Å². The summed E-state index contributed by atoms with van der Waals surface area (Å²) in [5.41, 5.74) is 0.821. The summed E-state index contributed by atoms with van der Waals surface area (Å²) in [6.45, 7) is 3.37. The number of carbonyl (C=O) groups excluding carboxylic acids is 2. The van der Waals surface area contributed by atoms with E-state index in [-0.39, 0.29) is 22.1 Å². The molecule has 1 atom stereocenters. The minimum atomic E-state index is -0.868. The number of Topliss-reactive ketones (excluding diaryl/α,β-unsaturated/α-hetero) is 1. The molecule has 0 saturated heterocycles. The van der Waals surface area contributed by atoms with E-state index in [2.05, 4.69) is 4.98 Å². The van der Waals surface area contributed by atoms with Gasteiger partial charge in [0.15, 0.2) is 11.5 Å². The lowest BCUT2D eigenvalue weighted by Gasteiger charge is -2.27. The minimum absolute atomic E-state index is 0.00144. The number of benzene rings is 1. The van der Waals surface area contributed by atoms with Gasteiger partial charge in [-0.3, -0.25) is 19.5 Å². The number of anilines is 1. The molecule has 134 valence electrons. The van der Waals surface area contributed by atoms with E-state index in [0.717, 1.165) is 6.07 Å². The van der Waals surface area contributed by atoms with Gasteiger partial charge in [-0.15, -0.1) is 0 Å². The molecule has 1 amide bonds. The fourth-order valence-corrected chi connectivity index (χ4v) is 3.10. The molecule has 5 nitrogen and oxygen atoms in total. The van der Waals surface area contributed by atoms with Crippen LogP contribution in [-0.2, 0) is 9.59 Å². The van der Waals surface area contributed by atoms with E-state index in [1.165, 1.54) is 23.2 Å². The lowest BCUT2D eigenvalue weighted by molar-refractivity contribution is -0.119. The normalized spacial score (nSPS) is 17.3. The van der Waals surface area contributed by atoms with Crippen LogP contribution in [0.2, 0.25) is 5.02 Å². The summed E-state index contributed by atoms with van der Waals surface area (Å²) in [5, 5.41) is 10.2. The van der Waals surface area contributed by atoms with Crippen LogP contribution in [0.1, 0.15) is 25.5 Å². The number of aliphatic hydroxyl groups excluding tert-OH is 1. The maximum atomic E-state index is 13.5. The molecule has 0 fully saturated rings. The highest BCUT2D eigenvalue weighted by Crippen LogP contribution is 2.42. The fourth-order valence-electron chi connectivity index (χ4n) is 2.92. The molecule has 1 aliphatic heterocycles. The Morgan fingerprint density at radius 2 is 2.08 bits per heavy atom. The van der Waals surface area contributed by atoms with Gasteiger partial charge in [0, 0.05) is 24.0 Å². The van der Waals surface area contributed by atoms with Gasteiger partial charge in [0.05, 0.1) is 16.6 Å². The second-order valence-corrected chi connectivity index (χ2v) is 6.65. The molecule has 0 aliphatic carbocycles. The highest BCUT2D eigenvalue weighted by atomic mass is 35.5. The summed E-state index contributed by atoms with van der Waals surface area (Å²) in [4.78, 5) is 30.7. The van der Waals surface area contributed by atoms with E-state index in [1.807, 2.05) is 0 Å². The molecular weight excluding hydrogens is 359 g/mol. The van der Waals surface area contributed by atoms with Crippen LogP contribution in [0.3, 0.4) is 0 Å². The van der Waals surface area contributed by atoms with Crippen LogP contribution in [0, 0.1) is 11.7 Å². The van der Waals surface area contributed by atoms with Gasteiger partial charge in [0.25, 0.3) is 5.91 Å². The maximum absolute atomic E-state index is 13.5. The average molecular weight is 375 g/mol. The molecule has 3 rings (SSSR count). The molecule has 1 aromatic heterocycles. The summed E-state index contributed by atoms with van der Waals surface area (Å²) in [6, 6.07) is 6.29. The first-order chi connectivity index (χ1) is 12.3. The van der Waals surface area contributed by atoms with Crippen LogP contribution in [-0.4, -0.2) is 21.8 Å². The van der Waals surface area contributed by atoms with Gasteiger partial charge >= 0.3 is 0 Å². The summed E-state index contributed by atoms with van der Waals surface area (Å²) in [5.74, 6) is -2.75. The third kappa shape index (κ3) is 2.97. The van der Waals surface area contributed by atoms with Crippen molar-refractivity contribution in [1.29, 1.82) is 0 Å². The van der Waals surface area contributed by atoms with Gasteiger partial charge < -0.3 is 5.11 Å². The van der Waals surface area contributed by atoms with Crippen molar-refractivity contribution >= 4 is 29.0 Å². The molecule has 0 saturated carbocycles. The molecule has 26 heavy (non-hydrogen) atoms. The fraction of sp³-hybridized carbons (Fsp3) is 0.211. The Bertz CT molecular complexity index is 912. The Kier molecular flexibility index (Phi) is 4.78. The maximum Gasteiger partial charge on any atom is 0.294 e. The molecule has 0 spiro atoms. The topological polar surface area (TPSA) is 70.5 Å². The summed E-state index contributed by atoms with van der Waals surface area (Å²) in [7, 11) is 0. The first kappa shape index (κ1) is 18.1. The van der Waals surface area contributed by atoms with E-state index in [9.17, 15) is 19.1 Å². The zero-order chi connectivity index (χ0) is 19.0. The largest absolute Gasteiger partial charge is 0.503 e. The molecular formula is C19H16ClFN2O3. The summed E-state index contributed by atoms with van der Waals surface area (Å²) in [6.07, 6.45) is 3.08. The SMILES string of the molecule is CC(C)C(=O)C1=C(O)C(=O)N(c2ccc(F)c(Cl)c2)C1c1cccnc1. The van der Waals surface area contributed by atoms with Crippen LogP contribution >= 0.6 is 11.6 Å². The molecule has 1 unspecified atom stereocenters. The van der Waals surface area contributed by atoms with Crippen molar-refractivity contribution in [2.75, 3.05) is 4.90 Å². The zero-order valence-corrected chi connectivity index (χ0v) is 14.9. The number of ketones is 1. The van der Waals surface area contributed by atoms with E-state index in [4.69, 9.17) is 11.6 Å². The Balaban J connectivity index is 2.19. The van der Waals surface area contributed by atoms with Crippen molar-refractivity contribution in [3.63, 3.8) is 0 Å². The number of amides is 1. The number of halogens is 2. The van der Waals surface area contributed by atoms with Crippen LogP contribution in [0.25, 0.3) is 0 Å². The van der Waals surface area contributed by atoms with Crippen LogP contribution < -0.4 is 4.90 Å². The second kappa shape index (κ2) is 6.88. The molecule has 7 heteroatoms. The van der Waals surface area contributed by atoms with Gasteiger partial charge in [-0.25, -0.2) is 4.39 Å². The third-order valence-electron chi connectivity index (χ3n) is 4.18. The molecule has 1 aromatic carbocycles. The summed E-state index contributed by atoms with van der Waals surface area (Å²) >= 11 is 5.85. The first-order valence-electron chi connectivity index (χ1n) is 7.98. The predicted molar refractivity (Wildman–Crippen MR) is 95.4 cm³/mol. The van der Waals surface area contributed by atoms with E-state index < -0.39 is 29.4 Å². The molecule has 1 N–H and O–H groups in total. The monoisotopic (exact) mass is 374 g/mol. The van der Waals surface area contributed by atoms with Gasteiger partial charge in [0.1, 0.15) is 5.82 Å². The number of pyridine rings is 1.